The van der Waals surface area contributed by atoms with E-state index in [4.69, 9.17) is 14.2 Å². The Morgan fingerprint density at radius 2 is 1.63 bits per heavy atom. The van der Waals surface area contributed by atoms with Crippen LogP contribution < -0.4 is 25.1 Å². The number of amides is 1. The molecular formula is C28H21FN4O5. The predicted octanol–water partition coefficient (Wildman–Crippen LogP) is 4.98. The molecule has 2 aromatic heterocycles. The number of hydrogen-bond donors (Lipinski definition) is 1. The molecule has 0 unspecified atom stereocenters. The number of pyridine rings is 1. The summed E-state index contributed by atoms with van der Waals surface area (Å²) in [6.07, 6.45) is 2.90. The van der Waals surface area contributed by atoms with Crippen LogP contribution in [0.25, 0.3) is 16.6 Å². The molecule has 2 heterocycles. The zero-order valence-corrected chi connectivity index (χ0v) is 20.3. The normalized spacial score (nSPS) is 10.7. The first-order chi connectivity index (χ1) is 18.5. The van der Waals surface area contributed by atoms with Crippen molar-refractivity contribution in [3.63, 3.8) is 0 Å². The highest BCUT2D eigenvalue weighted by Gasteiger charge is 2.15. The second-order valence-electron chi connectivity index (χ2n) is 8.06. The van der Waals surface area contributed by atoms with Gasteiger partial charge < -0.3 is 19.5 Å². The summed E-state index contributed by atoms with van der Waals surface area (Å²) in [5, 5.41) is 3.34. The minimum absolute atomic E-state index is 0.0611. The topological polar surface area (TPSA) is 105 Å². The molecule has 1 N–H and O–H groups in total. The van der Waals surface area contributed by atoms with Gasteiger partial charge in [0.15, 0.2) is 11.5 Å². The highest BCUT2D eigenvalue weighted by atomic mass is 19.1. The van der Waals surface area contributed by atoms with Crippen LogP contribution in [0, 0.1) is 5.82 Å². The fourth-order valence-electron chi connectivity index (χ4n) is 3.83. The van der Waals surface area contributed by atoms with E-state index in [1.165, 1.54) is 54.5 Å². The van der Waals surface area contributed by atoms with Gasteiger partial charge >= 0.3 is 0 Å². The Hall–Kier alpha value is -5.25. The average Bonchev–Trinajstić information content (AvgIpc) is 2.94. The summed E-state index contributed by atoms with van der Waals surface area (Å²) in [5.74, 6) is 0.832. The Kier molecular flexibility index (Phi) is 6.68. The van der Waals surface area contributed by atoms with Crippen LogP contribution in [0.1, 0.15) is 10.4 Å². The minimum atomic E-state index is -0.581. The highest BCUT2D eigenvalue weighted by Crippen LogP contribution is 2.35. The molecule has 0 saturated heterocycles. The summed E-state index contributed by atoms with van der Waals surface area (Å²) >= 11 is 0. The number of anilines is 1. The molecule has 0 aliphatic rings. The number of benzene rings is 3. The second kappa shape index (κ2) is 10.4. The molecule has 0 fully saturated rings. The van der Waals surface area contributed by atoms with E-state index < -0.39 is 17.3 Å². The van der Waals surface area contributed by atoms with Crippen LogP contribution in [-0.2, 0) is 0 Å². The van der Waals surface area contributed by atoms with Crippen molar-refractivity contribution >= 4 is 22.5 Å². The van der Waals surface area contributed by atoms with E-state index in [9.17, 15) is 14.0 Å². The molecule has 10 heteroatoms. The zero-order chi connectivity index (χ0) is 26.6. The smallest absolute Gasteiger partial charge is 0.267 e. The summed E-state index contributed by atoms with van der Waals surface area (Å²) in [4.78, 5) is 34.2. The number of nitrogens with one attached hydrogen (secondary N) is 1. The molecule has 0 spiro atoms. The molecule has 0 aliphatic carbocycles. The van der Waals surface area contributed by atoms with Crippen LogP contribution in [0.5, 0.6) is 23.1 Å². The zero-order valence-electron chi connectivity index (χ0n) is 20.3. The molecule has 9 nitrogen and oxygen atoms in total. The molecule has 0 saturated carbocycles. The molecule has 38 heavy (non-hydrogen) atoms. The van der Waals surface area contributed by atoms with Gasteiger partial charge in [0, 0.05) is 23.6 Å². The van der Waals surface area contributed by atoms with Crippen LogP contribution in [0.15, 0.2) is 90.1 Å². The predicted molar refractivity (Wildman–Crippen MR) is 139 cm³/mol. The van der Waals surface area contributed by atoms with Crippen molar-refractivity contribution in [2.75, 3.05) is 19.5 Å². The number of nitrogens with zero attached hydrogens (tertiary/aromatic N) is 3. The van der Waals surface area contributed by atoms with Crippen LogP contribution in [0.2, 0.25) is 0 Å². The lowest BCUT2D eigenvalue weighted by atomic mass is 10.2. The van der Waals surface area contributed by atoms with Gasteiger partial charge in [-0.25, -0.2) is 14.4 Å². The molecule has 1 amide bonds. The minimum Gasteiger partial charge on any atom is -0.493 e. The van der Waals surface area contributed by atoms with Gasteiger partial charge in [-0.3, -0.25) is 14.2 Å². The number of hydrogen-bond acceptors (Lipinski definition) is 7. The van der Waals surface area contributed by atoms with Gasteiger partial charge in [0.25, 0.3) is 11.5 Å². The number of carbonyl (C=O) groups excluding carboxylic acids is 1. The van der Waals surface area contributed by atoms with Crippen LogP contribution in [0.4, 0.5) is 10.1 Å². The fraction of sp³-hybridized carbons (Fsp3) is 0.0714. The van der Waals surface area contributed by atoms with Crippen LogP contribution in [-0.4, -0.2) is 34.7 Å². The Balaban J connectivity index is 1.34. The van der Waals surface area contributed by atoms with Crippen molar-refractivity contribution in [2.45, 2.75) is 0 Å². The maximum atomic E-state index is 13.3. The number of methoxy groups -OCH3 is 2. The molecule has 0 aliphatic heterocycles. The first-order valence-electron chi connectivity index (χ1n) is 11.4. The van der Waals surface area contributed by atoms with Gasteiger partial charge in [0.2, 0.25) is 5.88 Å². The molecule has 0 atom stereocenters. The van der Waals surface area contributed by atoms with Crippen molar-refractivity contribution in [1.29, 1.82) is 0 Å². The second-order valence-corrected chi connectivity index (χ2v) is 8.06. The Labute approximate surface area is 216 Å². The summed E-state index contributed by atoms with van der Waals surface area (Å²) in [6.45, 7) is 0. The van der Waals surface area contributed by atoms with Gasteiger partial charge in [0.05, 0.1) is 25.1 Å². The molecule has 0 bridgehead atoms. The standard InChI is InChI=1S/C28H21FN4O5/c1-36-24-14-22-23(15-25(24)37-2)30-16-31-27(22)38-20-11-7-18(8-12-20)32-26(34)21-4-3-13-33(28(21)35)19-9-5-17(29)6-10-19/h3-16H,1-2H3,(H,32,34). The summed E-state index contributed by atoms with van der Waals surface area (Å²) in [6, 6.07) is 18.5. The van der Waals surface area contributed by atoms with E-state index >= 15 is 0 Å². The molecule has 5 rings (SSSR count). The van der Waals surface area contributed by atoms with Crippen molar-refractivity contribution in [3.05, 3.63) is 107 Å². The third-order valence-corrected chi connectivity index (χ3v) is 5.73. The summed E-state index contributed by atoms with van der Waals surface area (Å²) in [5.41, 5.74) is 0.928. The van der Waals surface area contributed by atoms with Gasteiger partial charge in [-0.15, -0.1) is 0 Å². The SMILES string of the molecule is COc1cc2ncnc(Oc3ccc(NC(=O)c4cccn(-c5ccc(F)cc5)c4=O)cc3)c2cc1OC. The highest BCUT2D eigenvalue weighted by molar-refractivity contribution is 6.04. The maximum Gasteiger partial charge on any atom is 0.267 e. The monoisotopic (exact) mass is 512 g/mol. The molecule has 0 radical (unpaired) electrons. The molecule has 3 aromatic carbocycles. The quantitative estimate of drug-likeness (QED) is 0.328. The van der Waals surface area contributed by atoms with Crippen molar-refractivity contribution in [1.82, 2.24) is 14.5 Å². The van der Waals surface area contributed by atoms with Gasteiger partial charge in [-0.1, -0.05) is 0 Å². The number of rotatable bonds is 7. The summed E-state index contributed by atoms with van der Waals surface area (Å²) in [7, 11) is 3.08. The number of aromatic nitrogens is 3. The third kappa shape index (κ3) is 4.87. The number of ether oxygens (including phenoxy) is 3. The van der Waals surface area contributed by atoms with E-state index in [-0.39, 0.29) is 5.56 Å². The van der Waals surface area contributed by atoms with Gasteiger partial charge in [-0.05, 0) is 66.7 Å². The first kappa shape index (κ1) is 24.4. The van der Waals surface area contributed by atoms with Crippen molar-refractivity contribution in [3.8, 4) is 28.8 Å². The van der Waals surface area contributed by atoms with E-state index in [1.54, 1.807) is 49.6 Å². The third-order valence-electron chi connectivity index (χ3n) is 5.73. The van der Waals surface area contributed by atoms with E-state index in [1.807, 2.05) is 0 Å². The fourth-order valence-corrected chi connectivity index (χ4v) is 3.83. The average molecular weight is 512 g/mol. The molecule has 5 aromatic rings. The Morgan fingerprint density at radius 1 is 0.921 bits per heavy atom. The lowest BCUT2D eigenvalue weighted by Crippen LogP contribution is -2.27. The largest absolute Gasteiger partial charge is 0.493 e. The first-order valence-corrected chi connectivity index (χ1v) is 11.4. The Bertz CT molecular complexity index is 1690. The van der Waals surface area contributed by atoms with E-state index in [0.717, 1.165) is 0 Å². The lowest BCUT2D eigenvalue weighted by molar-refractivity contribution is 0.102. The maximum absolute atomic E-state index is 13.3. The number of halogens is 1. The van der Waals surface area contributed by atoms with Crippen LogP contribution >= 0.6 is 0 Å². The number of fused-ring (bicyclic) bond motifs is 1. The Morgan fingerprint density at radius 3 is 2.34 bits per heavy atom. The van der Waals surface area contributed by atoms with Crippen molar-refractivity contribution in [2.24, 2.45) is 0 Å². The van der Waals surface area contributed by atoms with Gasteiger partial charge in [-0.2, -0.15) is 0 Å². The van der Waals surface area contributed by atoms with Gasteiger partial charge in [0.1, 0.15) is 23.5 Å². The van der Waals surface area contributed by atoms with E-state index in [0.29, 0.717) is 45.4 Å². The number of carbonyl (C=O) groups is 1. The lowest BCUT2D eigenvalue weighted by Gasteiger charge is -2.12. The molecular weight excluding hydrogens is 491 g/mol. The molecule has 190 valence electrons. The van der Waals surface area contributed by atoms with E-state index in [2.05, 4.69) is 15.3 Å². The summed E-state index contributed by atoms with van der Waals surface area (Å²) < 4.78 is 31.2. The van der Waals surface area contributed by atoms with Crippen LogP contribution in [0.3, 0.4) is 0 Å². The van der Waals surface area contributed by atoms with Crippen molar-refractivity contribution < 1.29 is 23.4 Å².